The first kappa shape index (κ1) is 16.9. The van der Waals surface area contributed by atoms with Crippen LogP contribution in [0, 0.1) is 21.4 Å². The van der Waals surface area contributed by atoms with Gasteiger partial charge in [-0.2, -0.15) is 5.26 Å². The molecule has 3 aromatic rings. The number of carbonyl (C=O) groups excluding carboxylic acids is 1. The zero-order valence-corrected chi connectivity index (χ0v) is 13.5. The highest BCUT2D eigenvalue weighted by atomic mass is 16.6. The standard InChI is InChI=1S/C20H12N2O4/c21-13-14-5-7-15(8-6-14)19(23)11-9-16-10-12-20(26-16)17-3-1-2-4-18(17)22(24)25/h1-12H/b11-9+. The Bertz CT molecular complexity index is 1040. The lowest BCUT2D eigenvalue weighted by atomic mass is 10.1. The van der Waals surface area contributed by atoms with E-state index >= 15 is 0 Å². The van der Waals surface area contributed by atoms with Crippen molar-refractivity contribution in [2.75, 3.05) is 0 Å². The van der Waals surface area contributed by atoms with Gasteiger partial charge in [-0.25, -0.2) is 0 Å². The predicted molar refractivity (Wildman–Crippen MR) is 95.3 cm³/mol. The van der Waals surface area contributed by atoms with Gasteiger partial charge in [-0.15, -0.1) is 0 Å². The summed E-state index contributed by atoms with van der Waals surface area (Å²) in [5.41, 5.74) is 1.25. The smallest absolute Gasteiger partial charge is 0.280 e. The Morgan fingerprint density at radius 1 is 1.08 bits per heavy atom. The number of para-hydroxylation sites is 1. The maximum atomic E-state index is 12.1. The molecule has 0 bridgehead atoms. The van der Waals surface area contributed by atoms with Crippen molar-refractivity contribution in [1.29, 1.82) is 5.26 Å². The van der Waals surface area contributed by atoms with Gasteiger partial charge in [0.1, 0.15) is 11.5 Å². The molecule has 0 N–H and O–H groups in total. The van der Waals surface area contributed by atoms with Crippen LogP contribution < -0.4 is 0 Å². The molecule has 1 heterocycles. The van der Waals surface area contributed by atoms with Crippen LogP contribution >= 0.6 is 0 Å². The predicted octanol–water partition coefficient (Wildman–Crippen LogP) is 4.62. The van der Waals surface area contributed by atoms with Crippen LogP contribution in [0.3, 0.4) is 0 Å². The van der Waals surface area contributed by atoms with Gasteiger partial charge in [0.25, 0.3) is 5.69 Å². The van der Waals surface area contributed by atoms with E-state index in [2.05, 4.69) is 0 Å². The Balaban J connectivity index is 1.80. The van der Waals surface area contributed by atoms with Gasteiger partial charge in [-0.3, -0.25) is 14.9 Å². The molecule has 0 saturated heterocycles. The van der Waals surface area contributed by atoms with Gasteiger partial charge in [0.05, 0.1) is 22.1 Å². The first-order valence-electron chi connectivity index (χ1n) is 7.64. The number of nitro groups is 1. The molecule has 0 aliphatic carbocycles. The van der Waals surface area contributed by atoms with Crippen molar-refractivity contribution >= 4 is 17.5 Å². The van der Waals surface area contributed by atoms with Crippen LogP contribution in [0.15, 0.2) is 71.2 Å². The average molecular weight is 344 g/mol. The number of nitrogens with zero attached hydrogens (tertiary/aromatic N) is 2. The van der Waals surface area contributed by atoms with Crippen molar-refractivity contribution in [1.82, 2.24) is 0 Å². The molecule has 3 rings (SSSR count). The summed E-state index contributed by atoms with van der Waals surface area (Å²) in [7, 11) is 0. The fraction of sp³-hybridized carbons (Fsp3) is 0. The summed E-state index contributed by atoms with van der Waals surface area (Å²) in [6, 6.07) is 17.8. The molecule has 1 aromatic heterocycles. The van der Waals surface area contributed by atoms with Gasteiger partial charge in [-0.1, -0.05) is 12.1 Å². The topological polar surface area (TPSA) is 97.1 Å². The van der Waals surface area contributed by atoms with Crippen LogP contribution in [0.25, 0.3) is 17.4 Å². The molecule has 0 fully saturated rings. The molecule has 6 heteroatoms. The highest BCUT2D eigenvalue weighted by Crippen LogP contribution is 2.31. The van der Waals surface area contributed by atoms with Gasteiger partial charge in [0.2, 0.25) is 0 Å². The molecule has 0 aliphatic rings. The molecule has 0 atom stereocenters. The summed E-state index contributed by atoms with van der Waals surface area (Å²) in [5.74, 6) is 0.515. The second kappa shape index (κ2) is 7.28. The van der Waals surface area contributed by atoms with E-state index in [1.165, 1.54) is 18.2 Å². The van der Waals surface area contributed by atoms with Crippen molar-refractivity contribution in [2.24, 2.45) is 0 Å². The van der Waals surface area contributed by atoms with E-state index in [1.54, 1.807) is 54.6 Å². The van der Waals surface area contributed by atoms with Gasteiger partial charge >= 0.3 is 0 Å². The van der Waals surface area contributed by atoms with Crippen molar-refractivity contribution < 1.29 is 14.1 Å². The van der Waals surface area contributed by atoms with Gasteiger partial charge in [0, 0.05) is 11.6 Å². The third kappa shape index (κ3) is 3.57. The Hall–Kier alpha value is -3.98. The minimum absolute atomic E-state index is 0.0500. The number of hydrogen-bond donors (Lipinski definition) is 0. The van der Waals surface area contributed by atoms with Crippen molar-refractivity contribution in [3.8, 4) is 17.4 Å². The van der Waals surface area contributed by atoms with Crippen molar-refractivity contribution in [3.05, 3.63) is 93.7 Å². The van der Waals surface area contributed by atoms with E-state index in [0.717, 1.165) is 0 Å². The lowest BCUT2D eigenvalue weighted by molar-refractivity contribution is -0.384. The first-order chi connectivity index (χ1) is 12.6. The second-order valence-corrected chi connectivity index (χ2v) is 5.36. The lowest BCUT2D eigenvalue weighted by Gasteiger charge is -1.98. The molecular formula is C20H12N2O4. The number of furan rings is 1. The number of nitro benzene ring substituents is 1. The molecule has 0 radical (unpaired) electrons. The van der Waals surface area contributed by atoms with Crippen molar-refractivity contribution in [2.45, 2.75) is 0 Å². The SMILES string of the molecule is N#Cc1ccc(C(=O)/C=C/c2ccc(-c3ccccc3[N+](=O)[O-])o2)cc1. The monoisotopic (exact) mass is 344 g/mol. The molecule has 6 nitrogen and oxygen atoms in total. The Morgan fingerprint density at radius 3 is 2.50 bits per heavy atom. The molecule has 26 heavy (non-hydrogen) atoms. The summed E-state index contributed by atoms with van der Waals surface area (Å²) in [6.45, 7) is 0. The molecule has 0 aliphatic heterocycles. The fourth-order valence-corrected chi connectivity index (χ4v) is 2.39. The summed E-state index contributed by atoms with van der Waals surface area (Å²) >= 11 is 0. The van der Waals surface area contributed by atoms with Crippen LogP contribution in [0.1, 0.15) is 21.7 Å². The minimum Gasteiger partial charge on any atom is -0.456 e. The number of carbonyl (C=O) groups is 1. The Morgan fingerprint density at radius 2 is 1.81 bits per heavy atom. The summed E-state index contributed by atoms with van der Waals surface area (Å²) < 4.78 is 5.60. The highest BCUT2D eigenvalue weighted by molar-refractivity contribution is 6.06. The number of rotatable bonds is 5. The highest BCUT2D eigenvalue weighted by Gasteiger charge is 2.16. The number of ketones is 1. The fourth-order valence-electron chi connectivity index (χ4n) is 2.39. The molecular weight excluding hydrogens is 332 g/mol. The van der Waals surface area contributed by atoms with Crippen LogP contribution in [0.2, 0.25) is 0 Å². The summed E-state index contributed by atoms with van der Waals surface area (Å²) in [4.78, 5) is 22.8. The lowest BCUT2D eigenvalue weighted by Crippen LogP contribution is -1.93. The zero-order chi connectivity index (χ0) is 18.5. The van der Waals surface area contributed by atoms with E-state index in [1.807, 2.05) is 6.07 Å². The van der Waals surface area contributed by atoms with Crippen LogP contribution in [-0.2, 0) is 0 Å². The average Bonchev–Trinajstić information content (AvgIpc) is 3.15. The third-order valence-electron chi connectivity index (χ3n) is 3.69. The molecule has 0 amide bonds. The molecule has 0 saturated carbocycles. The second-order valence-electron chi connectivity index (χ2n) is 5.36. The minimum atomic E-state index is -0.470. The number of nitriles is 1. The molecule has 0 spiro atoms. The van der Waals surface area contributed by atoms with Gasteiger partial charge in [-0.05, 0) is 54.6 Å². The Labute approximate surface area is 148 Å². The summed E-state index contributed by atoms with van der Waals surface area (Å²) in [6.07, 6.45) is 2.85. The largest absolute Gasteiger partial charge is 0.456 e. The van der Waals surface area contributed by atoms with E-state index < -0.39 is 4.92 Å². The van der Waals surface area contributed by atoms with Crippen LogP contribution in [0.4, 0.5) is 5.69 Å². The van der Waals surface area contributed by atoms with Crippen LogP contribution in [-0.4, -0.2) is 10.7 Å². The Kier molecular flexibility index (Phi) is 4.72. The number of benzene rings is 2. The van der Waals surface area contributed by atoms with Crippen molar-refractivity contribution in [3.63, 3.8) is 0 Å². The van der Waals surface area contributed by atoms with Gasteiger partial charge < -0.3 is 4.42 Å². The van der Waals surface area contributed by atoms with E-state index in [0.29, 0.717) is 28.2 Å². The van der Waals surface area contributed by atoms with Crippen LogP contribution in [0.5, 0.6) is 0 Å². The maximum absolute atomic E-state index is 12.1. The molecule has 2 aromatic carbocycles. The van der Waals surface area contributed by atoms with Gasteiger partial charge in [0.15, 0.2) is 5.78 Å². The zero-order valence-electron chi connectivity index (χ0n) is 13.5. The normalized spacial score (nSPS) is 10.6. The number of hydrogen-bond acceptors (Lipinski definition) is 5. The first-order valence-corrected chi connectivity index (χ1v) is 7.64. The maximum Gasteiger partial charge on any atom is 0.280 e. The number of allylic oxidation sites excluding steroid dienone is 1. The van der Waals surface area contributed by atoms with E-state index in [9.17, 15) is 14.9 Å². The third-order valence-corrected chi connectivity index (χ3v) is 3.69. The quantitative estimate of drug-likeness (QED) is 0.291. The molecule has 0 unspecified atom stereocenters. The molecule has 126 valence electrons. The van der Waals surface area contributed by atoms with E-state index in [4.69, 9.17) is 9.68 Å². The summed E-state index contributed by atoms with van der Waals surface area (Å²) in [5, 5.41) is 19.9. The van der Waals surface area contributed by atoms with E-state index in [-0.39, 0.29) is 11.5 Å².